The van der Waals surface area contributed by atoms with Crippen LogP contribution in [0.4, 0.5) is 5.82 Å². The average Bonchev–Trinajstić information content (AvgIpc) is 2.46. The van der Waals surface area contributed by atoms with Crippen LogP contribution in [0.5, 0.6) is 0 Å². The molecule has 0 unspecified atom stereocenters. The lowest BCUT2D eigenvalue weighted by atomic mass is 10.3. The number of anilines is 1. The minimum Gasteiger partial charge on any atom is -0.370 e. The summed E-state index contributed by atoms with van der Waals surface area (Å²) in [6, 6.07) is 1.56. The summed E-state index contributed by atoms with van der Waals surface area (Å²) in [5, 5.41) is 21.3. The van der Waals surface area contributed by atoms with Gasteiger partial charge in [-0.2, -0.15) is 0 Å². The summed E-state index contributed by atoms with van der Waals surface area (Å²) in [5.41, 5.74) is 0.210. The van der Waals surface area contributed by atoms with Gasteiger partial charge in [-0.05, 0) is 20.0 Å². The third kappa shape index (κ3) is 4.68. The Balaban J connectivity index is 1.67. The van der Waals surface area contributed by atoms with Crippen LogP contribution in [-0.4, -0.2) is 76.3 Å². The van der Waals surface area contributed by atoms with Crippen molar-refractivity contribution in [1.29, 1.82) is 0 Å². The average molecular weight is 281 g/mol. The second-order valence-corrected chi connectivity index (χ2v) is 5.13. The Morgan fingerprint density at radius 3 is 2.70 bits per heavy atom. The van der Waals surface area contributed by atoms with E-state index in [2.05, 4.69) is 32.1 Å². The molecule has 0 amide bonds. The molecule has 7 nitrogen and oxygen atoms in total. The zero-order valence-corrected chi connectivity index (χ0v) is 11.9. The zero-order valence-electron chi connectivity index (χ0n) is 11.9. The van der Waals surface area contributed by atoms with Crippen molar-refractivity contribution in [1.82, 2.24) is 19.8 Å². The number of rotatable bonds is 6. The van der Waals surface area contributed by atoms with Crippen LogP contribution in [0.15, 0.2) is 12.4 Å². The van der Waals surface area contributed by atoms with Gasteiger partial charge >= 0.3 is 0 Å². The fraction of sp³-hybridized carbons (Fsp3) is 0.692. The van der Waals surface area contributed by atoms with Crippen LogP contribution in [-0.2, 0) is 0 Å². The van der Waals surface area contributed by atoms with Gasteiger partial charge in [0.15, 0.2) is 6.29 Å². The number of piperazine rings is 1. The number of aliphatic hydroxyl groups excluding tert-OH is 1. The lowest BCUT2D eigenvalue weighted by Gasteiger charge is -2.32. The van der Waals surface area contributed by atoms with Gasteiger partial charge in [0, 0.05) is 38.8 Å². The van der Waals surface area contributed by atoms with Crippen molar-refractivity contribution < 1.29 is 10.2 Å². The number of nitrogens with zero attached hydrogens (tertiary/aromatic N) is 4. The van der Waals surface area contributed by atoms with E-state index in [0.29, 0.717) is 5.82 Å². The van der Waals surface area contributed by atoms with Gasteiger partial charge in [-0.25, -0.2) is 9.97 Å². The smallest absolute Gasteiger partial charge is 0.196 e. The van der Waals surface area contributed by atoms with E-state index in [-0.39, 0.29) is 5.69 Å². The van der Waals surface area contributed by atoms with E-state index in [1.807, 2.05) is 0 Å². The topological polar surface area (TPSA) is 84.8 Å². The van der Waals surface area contributed by atoms with Crippen LogP contribution in [0.25, 0.3) is 0 Å². The van der Waals surface area contributed by atoms with E-state index in [4.69, 9.17) is 10.2 Å². The van der Waals surface area contributed by atoms with Crippen molar-refractivity contribution in [2.24, 2.45) is 0 Å². The zero-order chi connectivity index (χ0) is 14.4. The molecule has 7 heteroatoms. The summed E-state index contributed by atoms with van der Waals surface area (Å²) in [5.74, 6) is 0.626. The molecular weight excluding hydrogens is 258 g/mol. The number of aliphatic hydroxyl groups is 2. The first kappa shape index (κ1) is 15.1. The van der Waals surface area contributed by atoms with Gasteiger partial charge in [0.2, 0.25) is 0 Å². The number of aromatic nitrogens is 2. The molecule has 1 fully saturated rings. The Morgan fingerprint density at radius 2 is 2.00 bits per heavy atom. The van der Waals surface area contributed by atoms with Crippen molar-refractivity contribution in [3.05, 3.63) is 18.1 Å². The van der Waals surface area contributed by atoms with Gasteiger partial charge in [-0.3, -0.25) is 0 Å². The van der Waals surface area contributed by atoms with Crippen LogP contribution in [0.1, 0.15) is 18.4 Å². The minimum atomic E-state index is -1.55. The van der Waals surface area contributed by atoms with Gasteiger partial charge in [0.25, 0.3) is 0 Å². The molecule has 1 aromatic rings. The molecule has 1 aliphatic heterocycles. The fourth-order valence-corrected chi connectivity index (χ4v) is 2.20. The molecule has 1 aromatic heterocycles. The quantitative estimate of drug-likeness (QED) is 0.479. The number of nitrogens with one attached hydrogen (secondary N) is 1. The molecule has 0 aliphatic carbocycles. The molecule has 0 aromatic carbocycles. The molecule has 0 saturated carbocycles. The molecule has 0 radical (unpaired) electrons. The third-order valence-electron chi connectivity index (χ3n) is 3.51. The van der Waals surface area contributed by atoms with Crippen molar-refractivity contribution in [3.8, 4) is 0 Å². The van der Waals surface area contributed by atoms with Gasteiger partial charge in [-0.1, -0.05) is 0 Å². The summed E-state index contributed by atoms with van der Waals surface area (Å²) in [7, 11) is 2.15. The Hall–Kier alpha value is -1.28. The van der Waals surface area contributed by atoms with Crippen molar-refractivity contribution in [3.63, 3.8) is 0 Å². The Labute approximate surface area is 119 Å². The Morgan fingerprint density at radius 1 is 1.25 bits per heavy atom. The molecule has 0 spiro atoms. The van der Waals surface area contributed by atoms with Crippen molar-refractivity contribution in [2.45, 2.75) is 12.7 Å². The molecule has 2 rings (SSSR count). The monoisotopic (exact) mass is 281 g/mol. The normalized spacial score (nSPS) is 17.6. The highest BCUT2D eigenvalue weighted by molar-refractivity contribution is 5.34. The highest BCUT2D eigenvalue weighted by atomic mass is 16.5. The summed E-state index contributed by atoms with van der Waals surface area (Å²) < 4.78 is 0. The van der Waals surface area contributed by atoms with E-state index < -0.39 is 6.29 Å². The first-order valence-corrected chi connectivity index (χ1v) is 6.98. The standard InChI is InChI=1S/C13H23N5O2/c1-17-5-7-18(8-6-17)4-2-3-14-12-9-11(13(19)20)15-10-16-12/h9-10,13,19-20H,2-8H2,1H3,(H,14,15,16). The van der Waals surface area contributed by atoms with E-state index in [1.54, 1.807) is 6.07 Å². The van der Waals surface area contributed by atoms with Crippen LogP contribution >= 0.6 is 0 Å². The van der Waals surface area contributed by atoms with Crippen molar-refractivity contribution >= 4 is 5.82 Å². The predicted molar refractivity (Wildman–Crippen MR) is 76.3 cm³/mol. The molecule has 2 heterocycles. The second-order valence-electron chi connectivity index (χ2n) is 5.13. The summed E-state index contributed by atoms with van der Waals surface area (Å²) >= 11 is 0. The summed E-state index contributed by atoms with van der Waals surface area (Å²) in [4.78, 5) is 12.6. The molecule has 0 atom stereocenters. The van der Waals surface area contributed by atoms with E-state index in [0.717, 1.165) is 45.7 Å². The van der Waals surface area contributed by atoms with Gasteiger partial charge < -0.3 is 25.3 Å². The molecule has 20 heavy (non-hydrogen) atoms. The molecule has 1 aliphatic rings. The fourth-order valence-electron chi connectivity index (χ4n) is 2.20. The van der Waals surface area contributed by atoms with Gasteiger partial charge in [0.1, 0.15) is 17.8 Å². The lowest BCUT2D eigenvalue weighted by molar-refractivity contribution is -0.0458. The van der Waals surface area contributed by atoms with Crippen LogP contribution < -0.4 is 5.32 Å². The van der Waals surface area contributed by atoms with Gasteiger partial charge in [-0.15, -0.1) is 0 Å². The SMILES string of the molecule is CN1CCN(CCCNc2cc(C(O)O)ncn2)CC1. The third-order valence-corrected chi connectivity index (χ3v) is 3.51. The van der Waals surface area contributed by atoms with E-state index in [1.165, 1.54) is 6.33 Å². The van der Waals surface area contributed by atoms with Crippen molar-refractivity contribution in [2.75, 3.05) is 51.6 Å². The Bertz CT molecular complexity index is 408. The van der Waals surface area contributed by atoms with E-state index in [9.17, 15) is 0 Å². The first-order valence-electron chi connectivity index (χ1n) is 6.98. The molecule has 0 bridgehead atoms. The van der Waals surface area contributed by atoms with Gasteiger partial charge in [0.05, 0.1) is 0 Å². The highest BCUT2D eigenvalue weighted by Gasteiger charge is 2.12. The number of hydrogen-bond acceptors (Lipinski definition) is 7. The Kier molecular flexibility index (Phi) is 5.66. The predicted octanol–water partition coefficient (Wildman–Crippen LogP) is -0.491. The van der Waals surface area contributed by atoms with Crippen LogP contribution in [0.2, 0.25) is 0 Å². The lowest BCUT2D eigenvalue weighted by Crippen LogP contribution is -2.44. The second kappa shape index (κ2) is 7.49. The summed E-state index contributed by atoms with van der Waals surface area (Å²) in [6.45, 7) is 6.41. The molecule has 112 valence electrons. The maximum Gasteiger partial charge on any atom is 0.196 e. The molecule has 1 saturated heterocycles. The minimum absolute atomic E-state index is 0.210. The number of likely N-dealkylation sites (N-methyl/N-ethyl adjacent to an activating group) is 1. The van der Waals surface area contributed by atoms with Crippen LogP contribution in [0.3, 0.4) is 0 Å². The summed E-state index contributed by atoms with van der Waals surface area (Å²) in [6.07, 6.45) is 0.811. The van der Waals surface area contributed by atoms with Crippen LogP contribution in [0, 0.1) is 0 Å². The molecular formula is C13H23N5O2. The maximum absolute atomic E-state index is 9.04. The maximum atomic E-state index is 9.04. The first-order chi connectivity index (χ1) is 9.65. The number of hydrogen-bond donors (Lipinski definition) is 3. The largest absolute Gasteiger partial charge is 0.370 e. The highest BCUT2D eigenvalue weighted by Crippen LogP contribution is 2.10. The molecule has 3 N–H and O–H groups in total. The van der Waals surface area contributed by atoms with E-state index >= 15 is 0 Å².